The van der Waals surface area contributed by atoms with Gasteiger partial charge in [0.05, 0.1) is 33.5 Å². The average Bonchev–Trinajstić information content (AvgIpc) is 2.77. The van der Waals surface area contributed by atoms with Crippen LogP contribution in [0.2, 0.25) is 0 Å². The highest BCUT2D eigenvalue weighted by molar-refractivity contribution is 5.98. The first-order valence-corrected chi connectivity index (χ1v) is 23.8. The number of fused-ring (bicyclic) bond motifs is 1. The fraction of sp³-hybridized carbons (Fsp3) is 0.354. The Morgan fingerprint density at radius 3 is 1.75 bits per heavy atom. The van der Waals surface area contributed by atoms with Crippen LogP contribution in [0.3, 0.4) is 0 Å². The maximum absolute atomic E-state index is 12.7. The van der Waals surface area contributed by atoms with Crippen molar-refractivity contribution in [1.82, 2.24) is 14.5 Å². The summed E-state index contributed by atoms with van der Waals surface area (Å²) >= 11 is 0. The molecule has 2 heterocycles. The highest BCUT2D eigenvalue weighted by atomic mass is 16.3. The van der Waals surface area contributed by atoms with Crippen LogP contribution in [0, 0.1) is 5.41 Å². The SMILES string of the molecule is [2H]c1c([2H])c(C(C([2H])([2H])[2H])(C([2H])([2H])[2H])C([2H])([2H])[2H])c([2H])c([2H])c1-c1ccnc(-c2cc(-c3cccc4c3nc(-c3cc(C(C)(C)C)cc(C(C)(C)C)c3O)n4-c3ccc(C(C)(C)C(C)(C)C)cc3-c3ccccc3)cc(C(C)(C)C)c2)c1. The number of aromatic hydroxyl groups is 1. The molecule has 0 aliphatic carbocycles. The van der Waals surface area contributed by atoms with Crippen LogP contribution in [-0.4, -0.2) is 19.6 Å². The third kappa shape index (κ3) is 9.57. The summed E-state index contributed by atoms with van der Waals surface area (Å²) in [6.07, 6.45) is 1.45. The molecule has 1 N–H and O–H groups in total. The number of rotatable bonds is 7. The maximum Gasteiger partial charge on any atom is 0.149 e. The van der Waals surface area contributed by atoms with E-state index in [0.717, 1.165) is 50.1 Å². The smallest absolute Gasteiger partial charge is 0.149 e. The fourth-order valence-corrected chi connectivity index (χ4v) is 8.72. The van der Waals surface area contributed by atoms with Gasteiger partial charge in [0.1, 0.15) is 11.6 Å². The zero-order chi connectivity index (χ0) is 61.2. The molecule has 0 saturated carbocycles. The minimum atomic E-state index is -3.81. The van der Waals surface area contributed by atoms with Crippen molar-refractivity contribution in [2.24, 2.45) is 5.41 Å². The van der Waals surface area contributed by atoms with Crippen LogP contribution in [0.25, 0.3) is 72.7 Å². The van der Waals surface area contributed by atoms with Crippen molar-refractivity contribution in [3.63, 3.8) is 0 Å². The van der Waals surface area contributed by atoms with Gasteiger partial charge in [-0.25, -0.2) is 4.98 Å². The molecule has 0 radical (unpaired) electrons. The summed E-state index contributed by atoms with van der Waals surface area (Å²) in [5.74, 6) is 0.675. The molecule has 0 atom stereocenters. The Morgan fingerprint density at radius 1 is 0.493 bits per heavy atom. The highest BCUT2D eigenvalue weighted by Gasteiger charge is 2.36. The monoisotopic (exact) mass is 927 g/mol. The van der Waals surface area contributed by atoms with Crippen molar-refractivity contribution in [2.75, 3.05) is 0 Å². The molecule has 0 aliphatic rings. The van der Waals surface area contributed by atoms with E-state index >= 15 is 0 Å². The summed E-state index contributed by atoms with van der Waals surface area (Å²) in [5.41, 5.74) is 4.62. The van der Waals surface area contributed by atoms with Gasteiger partial charge in [-0.1, -0.05) is 202 Å². The van der Waals surface area contributed by atoms with E-state index in [1.165, 1.54) is 17.8 Å². The van der Waals surface area contributed by atoms with E-state index in [4.69, 9.17) is 25.0 Å². The largest absolute Gasteiger partial charge is 0.507 e. The summed E-state index contributed by atoms with van der Waals surface area (Å²) in [7, 11) is 0. The molecule has 69 heavy (non-hydrogen) atoms. The molecule has 2 aromatic heterocycles. The number of benzene rings is 6. The molecule has 4 heteroatoms. The van der Waals surface area contributed by atoms with Gasteiger partial charge in [0.15, 0.2) is 0 Å². The van der Waals surface area contributed by atoms with Gasteiger partial charge in [-0.2, -0.15) is 0 Å². The van der Waals surface area contributed by atoms with Gasteiger partial charge in [-0.05, 0) is 126 Å². The summed E-state index contributed by atoms with van der Waals surface area (Å²) in [6, 6.07) is 32.5. The molecule has 0 bridgehead atoms. The summed E-state index contributed by atoms with van der Waals surface area (Å²) in [4.78, 5) is 10.4. The van der Waals surface area contributed by atoms with E-state index in [2.05, 4.69) is 150 Å². The topological polar surface area (TPSA) is 50.9 Å². The van der Waals surface area contributed by atoms with Gasteiger partial charge in [0.25, 0.3) is 0 Å². The van der Waals surface area contributed by atoms with Crippen LogP contribution in [0.1, 0.15) is 163 Å². The first-order chi connectivity index (χ1) is 37.5. The van der Waals surface area contributed by atoms with Crippen LogP contribution in [0.5, 0.6) is 5.75 Å². The lowest BCUT2D eigenvalue weighted by molar-refractivity contribution is 0.225. The van der Waals surface area contributed by atoms with Crippen LogP contribution < -0.4 is 0 Å². The molecule has 0 fully saturated rings. The third-order valence-electron chi connectivity index (χ3n) is 14.1. The Labute approximate surface area is 432 Å². The molecule has 4 nitrogen and oxygen atoms in total. The van der Waals surface area contributed by atoms with Crippen molar-refractivity contribution >= 4 is 11.0 Å². The number of phenolic OH excluding ortho intramolecular Hbond substituents is 1. The van der Waals surface area contributed by atoms with Crippen LogP contribution in [0.15, 0.2) is 140 Å². The minimum absolute atomic E-state index is 0.0930. The van der Waals surface area contributed by atoms with Gasteiger partial charge in [-0.3, -0.25) is 9.55 Å². The van der Waals surface area contributed by atoms with Gasteiger partial charge in [0.2, 0.25) is 0 Å². The summed E-state index contributed by atoms with van der Waals surface area (Å²) in [6.45, 7) is 18.9. The Morgan fingerprint density at radius 2 is 1.13 bits per heavy atom. The predicted octanol–water partition coefficient (Wildman–Crippen LogP) is 18.0. The number of para-hydroxylation sites is 1. The molecular formula is C65H75N3O. The molecule has 0 amide bonds. The Hall–Kier alpha value is -6.26. The van der Waals surface area contributed by atoms with Gasteiger partial charge in [0, 0.05) is 40.8 Å². The van der Waals surface area contributed by atoms with Crippen molar-refractivity contribution in [3.8, 4) is 67.5 Å². The molecule has 0 aliphatic heterocycles. The zero-order valence-electron chi connectivity index (χ0n) is 55.8. The standard InChI is InChI=1S/C65H75N3O/c1-60(2,3)46-28-26-41(27-29-46)43-32-33-66-54(37-43)45-34-44(35-48(36-45)61(4,5)6)50-24-21-25-56-57(50)67-59(52-39-49(62(7,8)9)40-53(58(52)69)63(10,11)12)68(56)55-31-30-47(65(16,17)64(13,14)15)38-51(55)42-22-19-18-20-23-42/h18-40,69H,1-17H3/i1D3,2D3,3D3,26D,27D,28D,29D. The summed E-state index contributed by atoms with van der Waals surface area (Å²) < 4.78 is 113. The lowest BCUT2D eigenvalue weighted by atomic mass is 9.65. The maximum atomic E-state index is 12.7. The van der Waals surface area contributed by atoms with Crippen molar-refractivity contribution in [1.29, 1.82) is 0 Å². The Kier molecular flexibility index (Phi) is 8.76. The first kappa shape index (κ1) is 34.9. The van der Waals surface area contributed by atoms with E-state index in [-0.39, 0.29) is 33.1 Å². The summed E-state index contributed by atoms with van der Waals surface area (Å²) in [5, 5.41) is 12.7. The number of nitrogens with zero attached hydrogens (tertiary/aromatic N) is 3. The van der Waals surface area contributed by atoms with Crippen molar-refractivity contribution in [3.05, 3.63) is 167 Å². The molecule has 356 valence electrons. The number of pyridine rings is 1. The highest BCUT2D eigenvalue weighted by Crippen LogP contribution is 2.48. The van der Waals surface area contributed by atoms with E-state index in [1.807, 2.05) is 48.5 Å². The van der Waals surface area contributed by atoms with E-state index in [0.29, 0.717) is 28.2 Å². The quantitative estimate of drug-likeness (QED) is 0.173. The van der Waals surface area contributed by atoms with Crippen molar-refractivity contribution < 1.29 is 22.9 Å². The molecule has 8 aromatic rings. The average molecular weight is 927 g/mol. The second-order valence-corrected chi connectivity index (χ2v) is 23.3. The zero-order valence-corrected chi connectivity index (χ0v) is 42.8. The fourth-order valence-electron chi connectivity index (χ4n) is 8.72. The number of aromatic nitrogens is 3. The lowest BCUT2D eigenvalue weighted by Gasteiger charge is -2.40. The van der Waals surface area contributed by atoms with E-state index < -0.39 is 66.5 Å². The number of hydrogen-bond acceptors (Lipinski definition) is 3. The second kappa shape index (κ2) is 17.3. The molecule has 0 unspecified atom stereocenters. The first-order valence-electron chi connectivity index (χ1n) is 30.3. The van der Waals surface area contributed by atoms with Gasteiger partial charge >= 0.3 is 0 Å². The van der Waals surface area contributed by atoms with E-state index in [1.54, 1.807) is 6.07 Å². The van der Waals surface area contributed by atoms with Crippen LogP contribution in [0.4, 0.5) is 0 Å². The normalized spacial score (nSPS) is 16.3. The second-order valence-electron chi connectivity index (χ2n) is 23.3. The van der Waals surface area contributed by atoms with Crippen molar-refractivity contribution in [2.45, 2.75) is 145 Å². The molecule has 6 aromatic carbocycles. The predicted molar refractivity (Wildman–Crippen MR) is 295 cm³/mol. The lowest BCUT2D eigenvalue weighted by Crippen LogP contribution is -2.34. The van der Waals surface area contributed by atoms with Gasteiger partial charge < -0.3 is 5.11 Å². The molecular weight excluding hydrogens is 839 g/mol. The molecule has 0 spiro atoms. The number of phenols is 1. The van der Waals surface area contributed by atoms with Crippen LogP contribution in [-0.2, 0) is 27.1 Å². The van der Waals surface area contributed by atoms with E-state index in [9.17, 15) is 7.85 Å². The molecule has 0 saturated heterocycles. The number of imidazole rings is 1. The Bertz CT molecular complexity index is 3720. The Balaban J connectivity index is 1.44. The van der Waals surface area contributed by atoms with Crippen LogP contribution >= 0.6 is 0 Å². The molecule has 8 rings (SSSR count). The number of hydrogen-bond donors (Lipinski definition) is 1. The minimum Gasteiger partial charge on any atom is -0.507 e. The third-order valence-corrected chi connectivity index (χ3v) is 14.1. The van der Waals surface area contributed by atoms with Gasteiger partial charge in [-0.15, -0.1) is 0 Å².